The molecule has 4 bridgehead atoms. The second kappa shape index (κ2) is 8.91. The van der Waals surface area contributed by atoms with Gasteiger partial charge < -0.3 is 18.9 Å². The molecule has 5 fully saturated rings. The third-order valence-corrected chi connectivity index (χ3v) is 8.95. The highest BCUT2D eigenvalue weighted by atomic mass is 32.2. The Hall–Kier alpha value is -1.86. The lowest BCUT2D eigenvalue weighted by Crippen LogP contribution is -2.66. The molecule has 5 rings (SSSR count). The van der Waals surface area contributed by atoms with E-state index in [1.807, 2.05) is 0 Å². The van der Waals surface area contributed by atoms with Crippen LogP contribution in [0.5, 0.6) is 0 Å². The summed E-state index contributed by atoms with van der Waals surface area (Å²) in [7, 11) is -5.97. The Kier molecular flexibility index (Phi) is 6.67. The van der Waals surface area contributed by atoms with Crippen molar-refractivity contribution >= 4 is 28.0 Å². The highest BCUT2D eigenvalue weighted by molar-refractivity contribution is 7.87. The lowest BCUT2D eigenvalue weighted by atomic mass is 9.47. The quantitative estimate of drug-likeness (QED) is 0.271. The molecule has 1 heterocycles. The summed E-state index contributed by atoms with van der Waals surface area (Å²) in [5.41, 5.74) is -2.01. The highest BCUT2D eigenvalue weighted by Gasteiger charge is 2.66. The number of ether oxygens (including phenoxy) is 4. The molecule has 198 valence electrons. The van der Waals surface area contributed by atoms with E-state index in [0.29, 0.717) is 38.5 Å². The number of cyclic esters (lactones) is 1. The van der Waals surface area contributed by atoms with Gasteiger partial charge in [-0.25, -0.2) is 9.59 Å². The molecule has 10 nitrogen and oxygen atoms in total. The Morgan fingerprint density at radius 1 is 1.17 bits per heavy atom. The van der Waals surface area contributed by atoms with Crippen LogP contribution < -0.4 is 0 Å². The third-order valence-electron chi connectivity index (χ3n) is 8.14. The maximum Gasteiger partial charge on any atom is 0.465 e. The number of hydrogen-bond donors (Lipinski definition) is 1. The fourth-order valence-corrected chi connectivity index (χ4v) is 6.93. The Bertz CT molecular complexity index is 980. The van der Waals surface area contributed by atoms with Gasteiger partial charge in [0, 0.05) is 18.3 Å². The average Bonchev–Trinajstić information content (AvgIpc) is 3.09. The number of halogens is 2. The van der Waals surface area contributed by atoms with Crippen LogP contribution in [0, 0.1) is 23.7 Å². The van der Waals surface area contributed by atoms with Crippen molar-refractivity contribution in [3.63, 3.8) is 0 Å². The summed E-state index contributed by atoms with van der Waals surface area (Å²) in [5, 5.41) is -5.06. The molecule has 0 aromatic heterocycles. The van der Waals surface area contributed by atoms with Gasteiger partial charge >= 0.3 is 33.3 Å². The largest absolute Gasteiger partial charge is 0.465 e. The van der Waals surface area contributed by atoms with E-state index in [9.17, 15) is 31.6 Å². The molecule has 0 aromatic rings. The van der Waals surface area contributed by atoms with Gasteiger partial charge in [0.05, 0.1) is 11.5 Å². The zero-order valence-electron chi connectivity index (χ0n) is 19.5. The van der Waals surface area contributed by atoms with Crippen LogP contribution in [-0.4, -0.2) is 66.7 Å². The van der Waals surface area contributed by atoms with Gasteiger partial charge in [-0.15, -0.1) is 0 Å². The molecule has 1 N–H and O–H groups in total. The maximum absolute atomic E-state index is 13.9. The van der Waals surface area contributed by atoms with Gasteiger partial charge in [-0.05, 0) is 44.4 Å². The topological polar surface area (TPSA) is 142 Å². The van der Waals surface area contributed by atoms with Crippen LogP contribution in [-0.2, 0) is 43.4 Å². The summed E-state index contributed by atoms with van der Waals surface area (Å²) in [4.78, 5) is 35.9. The fraction of sp³-hybridized carbons (Fsp3) is 0.864. The van der Waals surface area contributed by atoms with E-state index in [-0.39, 0.29) is 49.3 Å². The number of esters is 3. The van der Waals surface area contributed by atoms with Gasteiger partial charge in [-0.1, -0.05) is 13.8 Å². The fourth-order valence-electron chi connectivity index (χ4n) is 6.68. The number of carbonyl (C=O) groups excluding carboxylic acids is 3. The van der Waals surface area contributed by atoms with Crippen molar-refractivity contribution in [2.45, 2.75) is 81.4 Å². The van der Waals surface area contributed by atoms with Crippen LogP contribution in [0.3, 0.4) is 0 Å². The normalized spacial score (nSPS) is 38.3. The zero-order chi connectivity index (χ0) is 25.8. The lowest BCUT2D eigenvalue weighted by molar-refractivity contribution is -0.259. The SMILES string of the molecule is CCC1(OC(=O)C(F)(F)S(=O)(=O)O)C2CC3CC1CC(OCC(=O)OCC1CC(C)C(=O)O1)(C3)C2. The zero-order valence-corrected chi connectivity index (χ0v) is 20.4. The molecule has 0 spiro atoms. The van der Waals surface area contributed by atoms with Crippen LogP contribution in [0.15, 0.2) is 0 Å². The van der Waals surface area contributed by atoms with Crippen molar-refractivity contribution in [2.75, 3.05) is 13.2 Å². The molecule has 4 aliphatic carbocycles. The van der Waals surface area contributed by atoms with Gasteiger partial charge in [0.25, 0.3) is 0 Å². The molecule has 4 unspecified atom stereocenters. The van der Waals surface area contributed by atoms with Gasteiger partial charge in [0.1, 0.15) is 24.9 Å². The summed E-state index contributed by atoms with van der Waals surface area (Å²) in [6.45, 7) is 3.03. The van der Waals surface area contributed by atoms with Crippen molar-refractivity contribution < 1.29 is 55.1 Å². The molecule has 4 saturated carbocycles. The number of rotatable bonds is 9. The van der Waals surface area contributed by atoms with Crippen LogP contribution in [0.25, 0.3) is 0 Å². The molecule has 5 aliphatic rings. The van der Waals surface area contributed by atoms with Crippen molar-refractivity contribution in [1.29, 1.82) is 0 Å². The van der Waals surface area contributed by atoms with Gasteiger partial charge in [-0.3, -0.25) is 9.35 Å². The van der Waals surface area contributed by atoms with Crippen molar-refractivity contribution in [3.05, 3.63) is 0 Å². The van der Waals surface area contributed by atoms with E-state index < -0.39 is 44.6 Å². The molecule has 0 radical (unpaired) electrons. The molecular formula is C22H30F2O10S. The Labute approximate surface area is 201 Å². The Balaban J connectivity index is 1.39. The van der Waals surface area contributed by atoms with E-state index in [2.05, 4.69) is 0 Å². The summed E-state index contributed by atoms with van der Waals surface area (Å²) >= 11 is 0. The molecule has 1 saturated heterocycles. The average molecular weight is 525 g/mol. The van der Waals surface area contributed by atoms with E-state index in [4.69, 9.17) is 23.5 Å². The number of carbonyl (C=O) groups is 3. The van der Waals surface area contributed by atoms with E-state index >= 15 is 0 Å². The van der Waals surface area contributed by atoms with Crippen molar-refractivity contribution in [2.24, 2.45) is 23.7 Å². The van der Waals surface area contributed by atoms with Crippen LogP contribution in [0.1, 0.15) is 58.8 Å². The van der Waals surface area contributed by atoms with Gasteiger partial charge in [0.2, 0.25) is 0 Å². The molecule has 4 atom stereocenters. The minimum absolute atomic E-state index is 0.0595. The summed E-state index contributed by atoms with van der Waals surface area (Å²) in [5.74, 6) is -4.02. The van der Waals surface area contributed by atoms with Gasteiger partial charge in [-0.2, -0.15) is 17.2 Å². The first kappa shape index (κ1) is 26.2. The molecule has 13 heteroatoms. The minimum Gasteiger partial charge on any atom is -0.460 e. The summed E-state index contributed by atoms with van der Waals surface area (Å²) < 4.78 is 80.3. The van der Waals surface area contributed by atoms with Crippen molar-refractivity contribution in [1.82, 2.24) is 0 Å². The molecule has 35 heavy (non-hydrogen) atoms. The molecular weight excluding hydrogens is 494 g/mol. The smallest absolute Gasteiger partial charge is 0.460 e. The lowest BCUT2D eigenvalue weighted by Gasteiger charge is -2.63. The molecule has 0 aromatic carbocycles. The summed E-state index contributed by atoms with van der Waals surface area (Å²) in [6.07, 6.45) is 2.73. The number of alkyl halides is 2. The van der Waals surface area contributed by atoms with Crippen molar-refractivity contribution in [3.8, 4) is 0 Å². The van der Waals surface area contributed by atoms with E-state index in [1.54, 1.807) is 13.8 Å². The van der Waals surface area contributed by atoms with Crippen LogP contribution in [0.4, 0.5) is 8.78 Å². The maximum atomic E-state index is 13.9. The van der Waals surface area contributed by atoms with Crippen LogP contribution >= 0.6 is 0 Å². The predicted octanol–water partition coefficient (Wildman–Crippen LogP) is 2.25. The first-order chi connectivity index (χ1) is 16.2. The second-order valence-electron chi connectivity index (χ2n) is 10.4. The standard InChI is InChI=1S/C22H30F2O10S/c1-3-21(34-19(27)22(23,24)35(28,29)30)14-5-13-6-15(21)9-20(7-13,8-14)32-11-17(25)31-10-16-4-12(2)18(26)33-16/h12-16H,3-11H2,1-2H3,(H,28,29,30). The van der Waals surface area contributed by atoms with E-state index in [0.717, 1.165) is 0 Å². The number of hydrogen-bond acceptors (Lipinski definition) is 9. The first-order valence-electron chi connectivity index (χ1n) is 11.8. The second-order valence-corrected chi connectivity index (χ2v) is 11.8. The monoisotopic (exact) mass is 524 g/mol. The Morgan fingerprint density at radius 3 is 2.31 bits per heavy atom. The van der Waals surface area contributed by atoms with E-state index in [1.165, 1.54) is 0 Å². The third kappa shape index (κ3) is 4.66. The predicted molar refractivity (Wildman–Crippen MR) is 112 cm³/mol. The van der Waals surface area contributed by atoms with Crippen LogP contribution in [0.2, 0.25) is 0 Å². The first-order valence-corrected chi connectivity index (χ1v) is 13.2. The molecule has 0 amide bonds. The van der Waals surface area contributed by atoms with Gasteiger partial charge in [0.15, 0.2) is 0 Å². The summed E-state index contributed by atoms with van der Waals surface area (Å²) in [6, 6.07) is 0. The Morgan fingerprint density at radius 2 is 1.80 bits per heavy atom. The minimum atomic E-state index is -5.97. The highest BCUT2D eigenvalue weighted by Crippen LogP contribution is 2.63. The molecule has 1 aliphatic heterocycles.